The van der Waals surface area contributed by atoms with Gasteiger partial charge in [0.1, 0.15) is 5.69 Å². The lowest BCUT2D eigenvalue weighted by molar-refractivity contribution is 0.262. The Morgan fingerprint density at radius 1 is 0.900 bits per heavy atom. The van der Waals surface area contributed by atoms with Gasteiger partial charge in [-0.15, -0.1) is 0 Å². The van der Waals surface area contributed by atoms with Gasteiger partial charge in [0.25, 0.3) is 0 Å². The molecule has 1 aliphatic rings. The highest BCUT2D eigenvalue weighted by Gasteiger charge is 2.09. The standard InChI is InChI=1S/C16H22N4/c1-2-7-11-19(10-6-1)12-13-20-17-14-16(18-20)15-8-4-3-5-9-15/h3-5,8-9,14H,1-2,6-7,10-13H2. The van der Waals surface area contributed by atoms with Crippen LogP contribution in [0.2, 0.25) is 0 Å². The van der Waals surface area contributed by atoms with E-state index in [4.69, 9.17) is 0 Å². The number of rotatable bonds is 4. The number of likely N-dealkylation sites (tertiary alicyclic amines) is 1. The summed E-state index contributed by atoms with van der Waals surface area (Å²) in [5, 5.41) is 8.95. The fourth-order valence-corrected chi connectivity index (χ4v) is 2.74. The van der Waals surface area contributed by atoms with Gasteiger partial charge in [-0.3, -0.25) is 0 Å². The van der Waals surface area contributed by atoms with E-state index < -0.39 is 0 Å². The van der Waals surface area contributed by atoms with Crippen molar-refractivity contribution in [3.8, 4) is 11.3 Å². The molecule has 0 bridgehead atoms. The summed E-state index contributed by atoms with van der Waals surface area (Å²) in [5.41, 5.74) is 2.09. The van der Waals surface area contributed by atoms with E-state index in [-0.39, 0.29) is 0 Å². The maximum absolute atomic E-state index is 4.57. The third-order valence-electron chi connectivity index (χ3n) is 3.92. The highest BCUT2D eigenvalue weighted by molar-refractivity contribution is 5.56. The zero-order valence-electron chi connectivity index (χ0n) is 11.9. The zero-order valence-corrected chi connectivity index (χ0v) is 11.9. The van der Waals surface area contributed by atoms with Crippen LogP contribution in [-0.4, -0.2) is 39.5 Å². The molecule has 0 N–H and O–H groups in total. The average molecular weight is 270 g/mol. The molecule has 1 saturated heterocycles. The minimum absolute atomic E-state index is 0.882. The molecule has 0 aliphatic carbocycles. The van der Waals surface area contributed by atoms with E-state index in [1.165, 1.54) is 38.8 Å². The molecule has 4 nitrogen and oxygen atoms in total. The molecular weight excluding hydrogens is 248 g/mol. The quantitative estimate of drug-likeness (QED) is 0.856. The molecule has 2 aromatic rings. The van der Waals surface area contributed by atoms with E-state index in [1.807, 2.05) is 29.2 Å². The Labute approximate surface area is 120 Å². The Bertz CT molecular complexity index is 512. The van der Waals surface area contributed by atoms with Crippen LogP contribution in [0.5, 0.6) is 0 Å². The van der Waals surface area contributed by atoms with Crippen molar-refractivity contribution in [3.63, 3.8) is 0 Å². The Morgan fingerprint density at radius 2 is 1.65 bits per heavy atom. The lowest BCUT2D eigenvalue weighted by atomic mass is 10.2. The number of nitrogens with zero attached hydrogens (tertiary/aromatic N) is 4. The molecule has 1 aliphatic heterocycles. The van der Waals surface area contributed by atoms with Gasteiger partial charge in [0, 0.05) is 12.1 Å². The minimum Gasteiger partial charge on any atom is -0.301 e. The molecule has 3 rings (SSSR count). The number of benzene rings is 1. The molecule has 0 unspecified atom stereocenters. The fraction of sp³-hybridized carbons (Fsp3) is 0.500. The topological polar surface area (TPSA) is 34.0 Å². The van der Waals surface area contributed by atoms with Crippen molar-refractivity contribution in [3.05, 3.63) is 36.5 Å². The number of hydrogen-bond acceptors (Lipinski definition) is 3. The van der Waals surface area contributed by atoms with Crippen molar-refractivity contribution in [2.24, 2.45) is 0 Å². The zero-order chi connectivity index (χ0) is 13.6. The summed E-state index contributed by atoms with van der Waals surface area (Å²) in [6.07, 6.45) is 7.30. The lowest BCUT2D eigenvalue weighted by Crippen LogP contribution is -2.29. The van der Waals surface area contributed by atoms with Gasteiger partial charge < -0.3 is 4.90 Å². The van der Waals surface area contributed by atoms with Crippen LogP contribution >= 0.6 is 0 Å². The van der Waals surface area contributed by atoms with Gasteiger partial charge in [-0.1, -0.05) is 43.2 Å². The first-order valence-corrected chi connectivity index (χ1v) is 7.60. The van der Waals surface area contributed by atoms with Gasteiger partial charge in [0.15, 0.2) is 0 Å². The highest BCUT2D eigenvalue weighted by atomic mass is 15.5. The Kier molecular flexibility index (Phi) is 4.43. The summed E-state index contributed by atoms with van der Waals surface area (Å²) in [5.74, 6) is 0. The molecule has 106 valence electrons. The largest absolute Gasteiger partial charge is 0.301 e. The van der Waals surface area contributed by atoms with Crippen LogP contribution in [0.1, 0.15) is 25.7 Å². The van der Waals surface area contributed by atoms with Crippen LogP contribution < -0.4 is 0 Å². The van der Waals surface area contributed by atoms with E-state index in [1.54, 1.807) is 0 Å². The fourth-order valence-electron chi connectivity index (χ4n) is 2.74. The molecule has 0 saturated carbocycles. The maximum Gasteiger partial charge on any atom is 0.113 e. The molecule has 4 heteroatoms. The number of aromatic nitrogens is 3. The van der Waals surface area contributed by atoms with Crippen molar-refractivity contribution < 1.29 is 0 Å². The predicted octanol–water partition coefficient (Wildman–Crippen LogP) is 2.82. The highest BCUT2D eigenvalue weighted by Crippen LogP contribution is 2.14. The molecular formula is C16H22N4. The van der Waals surface area contributed by atoms with Crippen LogP contribution in [0.25, 0.3) is 11.3 Å². The van der Waals surface area contributed by atoms with E-state index in [0.29, 0.717) is 0 Å². The van der Waals surface area contributed by atoms with Crippen LogP contribution in [0, 0.1) is 0 Å². The second-order valence-corrected chi connectivity index (χ2v) is 5.45. The summed E-state index contributed by atoms with van der Waals surface area (Å²) in [7, 11) is 0. The Hall–Kier alpha value is -1.68. The molecule has 0 radical (unpaired) electrons. The molecule has 2 heterocycles. The number of hydrogen-bond donors (Lipinski definition) is 0. The summed E-state index contributed by atoms with van der Waals surface area (Å²) in [4.78, 5) is 4.37. The summed E-state index contributed by atoms with van der Waals surface area (Å²) in [6, 6.07) is 10.2. The Balaban J connectivity index is 1.57. The Morgan fingerprint density at radius 3 is 2.40 bits per heavy atom. The molecule has 1 aromatic heterocycles. The van der Waals surface area contributed by atoms with E-state index in [2.05, 4.69) is 27.2 Å². The smallest absolute Gasteiger partial charge is 0.113 e. The van der Waals surface area contributed by atoms with Crippen molar-refractivity contribution in [1.29, 1.82) is 0 Å². The third-order valence-corrected chi connectivity index (χ3v) is 3.92. The maximum atomic E-state index is 4.57. The third kappa shape index (κ3) is 3.45. The van der Waals surface area contributed by atoms with Crippen molar-refractivity contribution in [2.75, 3.05) is 19.6 Å². The summed E-state index contributed by atoms with van der Waals surface area (Å²) in [6.45, 7) is 4.40. The van der Waals surface area contributed by atoms with Crippen LogP contribution in [0.4, 0.5) is 0 Å². The first-order chi connectivity index (χ1) is 9.92. The van der Waals surface area contributed by atoms with Gasteiger partial charge in [0.05, 0.1) is 12.7 Å². The minimum atomic E-state index is 0.882. The molecule has 0 atom stereocenters. The van der Waals surface area contributed by atoms with Crippen LogP contribution in [0.3, 0.4) is 0 Å². The summed E-state index contributed by atoms with van der Waals surface area (Å²) >= 11 is 0. The first-order valence-electron chi connectivity index (χ1n) is 7.60. The van der Waals surface area contributed by atoms with Gasteiger partial charge in [-0.2, -0.15) is 15.0 Å². The van der Waals surface area contributed by atoms with Crippen LogP contribution in [0.15, 0.2) is 36.5 Å². The SMILES string of the molecule is c1ccc(-c2cnn(CCN3CCCCCC3)n2)cc1. The average Bonchev–Trinajstić information content (AvgIpc) is 2.82. The molecule has 0 amide bonds. The monoisotopic (exact) mass is 270 g/mol. The molecule has 1 fully saturated rings. The predicted molar refractivity (Wildman–Crippen MR) is 80.4 cm³/mol. The van der Waals surface area contributed by atoms with E-state index in [0.717, 1.165) is 24.3 Å². The van der Waals surface area contributed by atoms with Gasteiger partial charge in [-0.25, -0.2) is 0 Å². The van der Waals surface area contributed by atoms with Gasteiger partial charge >= 0.3 is 0 Å². The molecule has 0 spiro atoms. The van der Waals surface area contributed by atoms with Gasteiger partial charge in [-0.05, 0) is 25.9 Å². The second-order valence-electron chi connectivity index (χ2n) is 5.45. The normalized spacial score (nSPS) is 17.0. The van der Waals surface area contributed by atoms with Crippen LogP contribution in [-0.2, 0) is 6.54 Å². The summed E-state index contributed by atoms with van der Waals surface area (Å²) < 4.78 is 0. The second kappa shape index (κ2) is 6.66. The van der Waals surface area contributed by atoms with Gasteiger partial charge in [0.2, 0.25) is 0 Å². The van der Waals surface area contributed by atoms with E-state index >= 15 is 0 Å². The van der Waals surface area contributed by atoms with Crippen molar-refractivity contribution in [1.82, 2.24) is 19.9 Å². The molecule has 1 aromatic carbocycles. The molecule has 20 heavy (non-hydrogen) atoms. The van der Waals surface area contributed by atoms with E-state index in [9.17, 15) is 0 Å². The van der Waals surface area contributed by atoms with Crippen molar-refractivity contribution in [2.45, 2.75) is 32.2 Å². The lowest BCUT2D eigenvalue weighted by Gasteiger charge is -2.18. The first kappa shape index (κ1) is 13.3. The van der Waals surface area contributed by atoms with Crippen molar-refractivity contribution >= 4 is 0 Å².